The van der Waals surface area contributed by atoms with Crippen LogP contribution in [0.3, 0.4) is 0 Å². The molecule has 1 rings (SSSR count). The third-order valence-electron chi connectivity index (χ3n) is 1.88. The van der Waals surface area contributed by atoms with Crippen LogP contribution >= 0.6 is 11.6 Å². The van der Waals surface area contributed by atoms with Gasteiger partial charge in [0.05, 0.1) is 7.11 Å². The summed E-state index contributed by atoms with van der Waals surface area (Å²) >= 11 is 5.91. The van der Waals surface area contributed by atoms with E-state index in [2.05, 4.69) is 9.73 Å². The predicted molar refractivity (Wildman–Crippen MR) is 60.5 cm³/mol. The van der Waals surface area contributed by atoms with E-state index < -0.39 is 6.04 Å². The third kappa shape index (κ3) is 3.36. The minimum atomic E-state index is -0.508. The number of ether oxygens (including phenoxy) is 1. The zero-order chi connectivity index (χ0) is 11.3. The van der Waals surface area contributed by atoms with Crippen molar-refractivity contribution in [1.82, 2.24) is 0 Å². The Kier molecular flexibility index (Phi) is 4.31. The van der Waals surface area contributed by atoms with Crippen molar-refractivity contribution < 1.29 is 9.53 Å². The molecule has 1 unspecified atom stereocenters. The fourth-order valence-corrected chi connectivity index (χ4v) is 1.19. The first-order chi connectivity index (χ1) is 7.15. The Morgan fingerprint density at radius 2 is 2.20 bits per heavy atom. The lowest BCUT2D eigenvalue weighted by Gasteiger charge is -2.02. The van der Waals surface area contributed by atoms with Gasteiger partial charge in [0.1, 0.15) is 6.04 Å². The van der Waals surface area contributed by atoms with Crippen LogP contribution in [-0.2, 0) is 9.53 Å². The van der Waals surface area contributed by atoms with Gasteiger partial charge < -0.3 is 4.74 Å². The Bertz CT molecular complexity index is 377. The molecule has 1 atom stereocenters. The highest BCUT2D eigenvalue weighted by molar-refractivity contribution is 6.33. The summed E-state index contributed by atoms with van der Waals surface area (Å²) in [5, 5.41) is 0.610. The van der Waals surface area contributed by atoms with Gasteiger partial charge in [0.15, 0.2) is 0 Å². The van der Waals surface area contributed by atoms with E-state index in [0.29, 0.717) is 5.02 Å². The summed E-state index contributed by atoms with van der Waals surface area (Å²) in [7, 11) is 1.34. The van der Waals surface area contributed by atoms with Crippen molar-refractivity contribution >= 4 is 23.8 Å². The highest BCUT2D eigenvalue weighted by atomic mass is 35.5. The molecule has 0 aliphatic rings. The molecule has 0 N–H and O–H groups in total. The average molecular weight is 226 g/mol. The lowest BCUT2D eigenvalue weighted by atomic mass is 10.2. The molecule has 0 fully saturated rings. The van der Waals surface area contributed by atoms with Crippen LogP contribution in [0, 0.1) is 0 Å². The maximum absolute atomic E-state index is 11.0. The van der Waals surface area contributed by atoms with Crippen LogP contribution in [0.25, 0.3) is 0 Å². The zero-order valence-corrected chi connectivity index (χ0v) is 9.36. The number of halogens is 1. The summed E-state index contributed by atoms with van der Waals surface area (Å²) in [5.74, 6) is -0.363. The molecular weight excluding hydrogens is 214 g/mol. The fourth-order valence-electron chi connectivity index (χ4n) is 1.00. The lowest BCUT2D eigenvalue weighted by Crippen LogP contribution is -2.16. The Morgan fingerprint density at radius 3 is 2.80 bits per heavy atom. The summed E-state index contributed by atoms with van der Waals surface area (Å²) in [5.41, 5.74) is 0.787. The van der Waals surface area contributed by atoms with Crippen LogP contribution in [0.4, 0.5) is 0 Å². The summed E-state index contributed by atoms with van der Waals surface area (Å²) in [6, 6.07) is 6.78. The molecule has 0 amide bonds. The number of carbonyl (C=O) groups excluding carboxylic acids is 1. The third-order valence-corrected chi connectivity index (χ3v) is 2.23. The molecule has 0 heterocycles. The first-order valence-electron chi connectivity index (χ1n) is 4.50. The first-order valence-corrected chi connectivity index (χ1v) is 4.88. The molecular formula is C11H12ClNO2. The summed E-state index contributed by atoms with van der Waals surface area (Å²) in [6.45, 7) is 1.67. The van der Waals surface area contributed by atoms with Crippen molar-refractivity contribution in [1.29, 1.82) is 0 Å². The maximum Gasteiger partial charge on any atom is 0.330 e. The zero-order valence-electron chi connectivity index (χ0n) is 8.61. The van der Waals surface area contributed by atoms with E-state index in [9.17, 15) is 4.79 Å². The topological polar surface area (TPSA) is 38.7 Å². The van der Waals surface area contributed by atoms with E-state index in [4.69, 9.17) is 11.6 Å². The molecule has 0 spiro atoms. The highest BCUT2D eigenvalue weighted by Gasteiger charge is 2.09. The van der Waals surface area contributed by atoms with Crippen LogP contribution in [0.2, 0.25) is 5.02 Å². The molecule has 1 aromatic rings. The van der Waals surface area contributed by atoms with Gasteiger partial charge >= 0.3 is 5.97 Å². The Balaban J connectivity index is 2.74. The second-order valence-electron chi connectivity index (χ2n) is 3.00. The number of rotatable bonds is 3. The Labute approximate surface area is 93.7 Å². The number of methoxy groups -OCH3 is 1. The highest BCUT2D eigenvalue weighted by Crippen LogP contribution is 2.12. The van der Waals surface area contributed by atoms with E-state index in [-0.39, 0.29) is 5.97 Å². The number of aliphatic imine (C=N–C) groups is 1. The Hall–Kier alpha value is -1.35. The molecule has 15 heavy (non-hydrogen) atoms. The van der Waals surface area contributed by atoms with Crippen molar-refractivity contribution in [3.63, 3.8) is 0 Å². The standard InChI is InChI=1S/C11H12ClNO2/c1-8(11(14)15-2)13-7-9-5-3-4-6-10(9)12/h3-8H,1-2H3. The van der Waals surface area contributed by atoms with E-state index in [1.165, 1.54) is 7.11 Å². The number of esters is 1. The number of nitrogens with zero attached hydrogens (tertiary/aromatic N) is 1. The van der Waals surface area contributed by atoms with Gasteiger partial charge in [0.25, 0.3) is 0 Å². The van der Waals surface area contributed by atoms with E-state index in [1.807, 2.05) is 18.2 Å². The van der Waals surface area contributed by atoms with Gasteiger partial charge in [-0.05, 0) is 13.0 Å². The molecule has 0 aliphatic heterocycles. The summed E-state index contributed by atoms with van der Waals surface area (Å²) in [4.78, 5) is 15.1. The summed E-state index contributed by atoms with van der Waals surface area (Å²) < 4.78 is 4.54. The number of hydrogen-bond acceptors (Lipinski definition) is 3. The molecule has 0 aromatic heterocycles. The number of carbonyl (C=O) groups is 1. The van der Waals surface area contributed by atoms with Crippen LogP contribution in [0.1, 0.15) is 12.5 Å². The maximum atomic E-state index is 11.0. The molecule has 0 saturated carbocycles. The molecule has 0 bridgehead atoms. The fraction of sp³-hybridized carbons (Fsp3) is 0.273. The van der Waals surface area contributed by atoms with Crippen LogP contribution in [-0.4, -0.2) is 25.3 Å². The van der Waals surface area contributed by atoms with Gasteiger partial charge in [-0.25, -0.2) is 4.79 Å². The Morgan fingerprint density at radius 1 is 1.53 bits per heavy atom. The SMILES string of the molecule is COC(=O)C(C)N=Cc1ccccc1Cl. The lowest BCUT2D eigenvalue weighted by molar-refractivity contribution is -0.141. The van der Waals surface area contributed by atoms with Gasteiger partial charge in [0, 0.05) is 16.8 Å². The first kappa shape index (κ1) is 11.7. The molecule has 0 radical (unpaired) electrons. The summed E-state index contributed by atoms with van der Waals surface area (Å²) in [6.07, 6.45) is 1.57. The van der Waals surface area contributed by atoms with Gasteiger partial charge in [-0.2, -0.15) is 0 Å². The number of benzene rings is 1. The van der Waals surface area contributed by atoms with Crippen molar-refractivity contribution in [3.05, 3.63) is 34.9 Å². The van der Waals surface area contributed by atoms with Gasteiger partial charge in [-0.15, -0.1) is 0 Å². The molecule has 3 nitrogen and oxygen atoms in total. The number of hydrogen-bond donors (Lipinski definition) is 0. The molecule has 80 valence electrons. The molecule has 4 heteroatoms. The van der Waals surface area contributed by atoms with E-state index in [0.717, 1.165) is 5.56 Å². The normalized spacial score (nSPS) is 12.7. The molecule has 0 aliphatic carbocycles. The minimum Gasteiger partial charge on any atom is -0.467 e. The van der Waals surface area contributed by atoms with Gasteiger partial charge in [-0.1, -0.05) is 29.8 Å². The largest absolute Gasteiger partial charge is 0.467 e. The van der Waals surface area contributed by atoms with Crippen molar-refractivity contribution in [3.8, 4) is 0 Å². The smallest absolute Gasteiger partial charge is 0.330 e. The van der Waals surface area contributed by atoms with E-state index in [1.54, 1.807) is 19.2 Å². The quantitative estimate of drug-likeness (QED) is 0.585. The minimum absolute atomic E-state index is 0.363. The van der Waals surface area contributed by atoms with Crippen LogP contribution in [0.5, 0.6) is 0 Å². The molecule has 0 saturated heterocycles. The van der Waals surface area contributed by atoms with Crippen LogP contribution < -0.4 is 0 Å². The second-order valence-corrected chi connectivity index (χ2v) is 3.41. The van der Waals surface area contributed by atoms with E-state index >= 15 is 0 Å². The van der Waals surface area contributed by atoms with Crippen molar-refractivity contribution in [2.45, 2.75) is 13.0 Å². The van der Waals surface area contributed by atoms with Crippen LogP contribution in [0.15, 0.2) is 29.3 Å². The predicted octanol–water partition coefficient (Wildman–Crippen LogP) is 2.32. The van der Waals surface area contributed by atoms with Gasteiger partial charge in [-0.3, -0.25) is 4.99 Å². The second kappa shape index (κ2) is 5.51. The molecule has 1 aromatic carbocycles. The average Bonchev–Trinajstić information content (AvgIpc) is 2.26. The van der Waals surface area contributed by atoms with Crippen molar-refractivity contribution in [2.24, 2.45) is 4.99 Å². The van der Waals surface area contributed by atoms with Gasteiger partial charge in [0.2, 0.25) is 0 Å². The monoisotopic (exact) mass is 225 g/mol. The van der Waals surface area contributed by atoms with Crippen molar-refractivity contribution in [2.75, 3.05) is 7.11 Å².